The molecule has 0 atom stereocenters. The normalized spacial score (nSPS) is 10.8. The number of nitrogens with zero attached hydrogens (tertiary/aromatic N) is 2. The summed E-state index contributed by atoms with van der Waals surface area (Å²) in [5.74, 6) is 0.422. The maximum absolute atomic E-state index is 12.4. The number of phenols is 1. The number of carbonyl (C=O) groups is 1. The molecule has 1 amide bonds. The van der Waals surface area contributed by atoms with Crippen molar-refractivity contribution in [3.8, 4) is 22.8 Å². The highest BCUT2D eigenvalue weighted by molar-refractivity contribution is 5.94. The van der Waals surface area contributed by atoms with Gasteiger partial charge in [0.25, 0.3) is 5.91 Å². The molecule has 0 saturated carbocycles. The van der Waals surface area contributed by atoms with Gasteiger partial charge in [-0.1, -0.05) is 42.5 Å². The zero-order chi connectivity index (χ0) is 21.5. The number of phenolic OH excluding ortho intramolecular Hbond substituents is 1. The van der Waals surface area contributed by atoms with Crippen LogP contribution in [0.2, 0.25) is 0 Å². The number of amides is 1. The Morgan fingerprint density at radius 3 is 2.58 bits per heavy atom. The Morgan fingerprint density at radius 1 is 1.03 bits per heavy atom. The minimum atomic E-state index is -0.420. The van der Waals surface area contributed by atoms with Crippen molar-refractivity contribution in [1.82, 2.24) is 15.6 Å². The fourth-order valence-electron chi connectivity index (χ4n) is 2.90. The van der Waals surface area contributed by atoms with Gasteiger partial charge < -0.3 is 9.84 Å². The Balaban J connectivity index is 1.43. The van der Waals surface area contributed by atoms with Crippen molar-refractivity contribution in [2.45, 2.75) is 6.61 Å². The third-order valence-corrected chi connectivity index (χ3v) is 4.50. The van der Waals surface area contributed by atoms with Gasteiger partial charge in [0.15, 0.2) is 0 Å². The van der Waals surface area contributed by atoms with Crippen LogP contribution in [-0.4, -0.2) is 27.4 Å². The van der Waals surface area contributed by atoms with E-state index in [1.165, 1.54) is 6.21 Å². The van der Waals surface area contributed by atoms with Crippen molar-refractivity contribution in [2.24, 2.45) is 5.10 Å². The van der Waals surface area contributed by atoms with E-state index in [9.17, 15) is 9.90 Å². The molecule has 4 rings (SSSR count). The highest BCUT2D eigenvalue weighted by Crippen LogP contribution is 2.29. The molecule has 3 N–H and O–H groups in total. The van der Waals surface area contributed by atoms with Crippen molar-refractivity contribution in [2.75, 3.05) is 0 Å². The zero-order valence-corrected chi connectivity index (χ0v) is 16.5. The van der Waals surface area contributed by atoms with Gasteiger partial charge in [0, 0.05) is 5.56 Å². The van der Waals surface area contributed by atoms with Crippen molar-refractivity contribution >= 4 is 12.1 Å². The van der Waals surface area contributed by atoms with Gasteiger partial charge in [0.1, 0.15) is 23.8 Å². The lowest BCUT2D eigenvalue weighted by molar-refractivity contribution is 0.0950. The SMILES string of the molecule is O=C(N/N=C\c1ccc(O)cc1)c1cc(-c2ccccc2OCc2ccccc2)n[nH]1. The lowest BCUT2D eigenvalue weighted by Crippen LogP contribution is -2.17. The molecule has 4 aromatic rings. The van der Waals surface area contributed by atoms with Crippen LogP contribution in [0.1, 0.15) is 21.6 Å². The summed E-state index contributed by atoms with van der Waals surface area (Å²) in [4.78, 5) is 12.4. The third kappa shape index (κ3) is 5.16. The number of benzene rings is 3. The molecule has 1 heterocycles. The van der Waals surface area contributed by atoms with Gasteiger partial charge in [0.2, 0.25) is 0 Å². The fourth-order valence-corrected chi connectivity index (χ4v) is 2.90. The van der Waals surface area contributed by atoms with E-state index < -0.39 is 5.91 Å². The number of aromatic hydroxyl groups is 1. The van der Waals surface area contributed by atoms with Crippen LogP contribution < -0.4 is 10.2 Å². The highest BCUT2D eigenvalue weighted by Gasteiger charge is 2.13. The standard InChI is InChI=1S/C24H20N4O3/c29-19-12-10-17(11-13-19)15-25-28-24(30)22-14-21(26-27-22)20-8-4-5-9-23(20)31-16-18-6-2-1-3-7-18/h1-15,29H,16H2,(H,26,27)(H,28,30)/b25-15-. The van der Waals surface area contributed by atoms with E-state index in [0.717, 1.165) is 16.7 Å². The number of hydrogen-bond acceptors (Lipinski definition) is 5. The molecule has 0 spiro atoms. The molecule has 0 bridgehead atoms. The smallest absolute Gasteiger partial charge is 0.289 e. The average Bonchev–Trinajstić information content (AvgIpc) is 3.30. The molecule has 3 aromatic carbocycles. The second-order valence-corrected chi connectivity index (χ2v) is 6.73. The van der Waals surface area contributed by atoms with Crippen LogP contribution >= 0.6 is 0 Å². The molecule has 7 nitrogen and oxygen atoms in total. The molecular formula is C24H20N4O3. The summed E-state index contributed by atoms with van der Waals surface area (Å²) in [6.07, 6.45) is 1.49. The van der Waals surface area contributed by atoms with Gasteiger partial charge in [-0.25, -0.2) is 5.43 Å². The van der Waals surface area contributed by atoms with Crippen LogP contribution in [0.4, 0.5) is 0 Å². The number of aromatic amines is 1. The first-order chi connectivity index (χ1) is 15.2. The van der Waals surface area contributed by atoms with E-state index in [4.69, 9.17) is 4.74 Å². The predicted octanol–water partition coefficient (Wildman–Crippen LogP) is 4.13. The second kappa shape index (κ2) is 9.41. The molecule has 0 fully saturated rings. The molecule has 1 aromatic heterocycles. The first kappa shape index (κ1) is 19.9. The third-order valence-electron chi connectivity index (χ3n) is 4.50. The molecule has 0 radical (unpaired) electrons. The molecule has 31 heavy (non-hydrogen) atoms. The Kier molecular flexibility index (Phi) is 6.04. The summed E-state index contributed by atoms with van der Waals surface area (Å²) in [6.45, 7) is 0.432. The summed E-state index contributed by atoms with van der Waals surface area (Å²) in [7, 11) is 0. The van der Waals surface area contributed by atoms with Gasteiger partial charge >= 0.3 is 0 Å². The van der Waals surface area contributed by atoms with Gasteiger partial charge in [-0.05, 0) is 53.6 Å². The van der Waals surface area contributed by atoms with Gasteiger partial charge in [0.05, 0.1) is 11.9 Å². The quantitative estimate of drug-likeness (QED) is 0.314. The van der Waals surface area contributed by atoms with Gasteiger partial charge in [-0.2, -0.15) is 10.2 Å². The number of carbonyl (C=O) groups excluding carboxylic acids is 1. The molecule has 0 unspecified atom stereocenters. The molecule has 0 saturated heterocycles. The number of hydrogen-bond donors (Lipinski definition) is 3. The summed E-state index contributed by atoms with van der Waals surface area (Å²) in [6, 6.07) is 25.5. The monoisotopic (exact) mass is 412 g/mol. The minimum Gasteiger partial charge on any atom is -0.508 e. The van der Waals surface area contributed by atoms with Crippen molar-refractivity contribution in [3.05, 3.63) is 102 Å². The molecule has 7 heteroatoms. The first-order valence-electron chi connectivity index (χ1n) is 9.63. The molecular weight excluding hydrogens is 392 g/mol. The lowest BCUT2D eigenvalue weighted by Gasteiger charge is -2.10. The molecule has 0 aliphatic heterocycles. The van der Waals surface area contributed by atoms with Crippen LogP contribution in [0.5, 0.6) is 11.5 Å². The largest absolute Gasteiger partial charge is 0.508 e. The highest BCUT2D eigenvalue weighted by atomic mass is 16.5. The lowest BCUT2D eigenvalue weighted by atomic mass is 10.1. The zero-order valence-electron chi connectivity index (χ0n) is 16.5. The van der Waals surface area contributed by atoms with Crippen LogP contribution in [-0.2, 0) is 6.61 Å². The van der Waals surface area contributed by atoms with Gasteiger partial charge in [-0.3, -0.25) is 9.89 Å². The van der Waals surface area contributed by atoms with E-state index in [0.29, 0.717) is 18.1 Å². The number of aromatic nitrogens is 2. The fraction of sp³-hybridized carbons (Fsp3) is 0.0417. The van der Waals surface area contributed by atoms with E-state index in [-0.39, 0.29) is 11.4 Å². The summed E-state index contributed by atoms with van der Waals surface area (Å²) < 4.78 is 5.97. The molecule has 0 aliphatic rings. The summed E-state index contributed by atoms with van der Waals surface area (Å²) >= 11 is 0. The second-order valence-electron chi connectivity index (χ2n) is 6.73. The number of hydrazone groups is 1. The van der Waals surface area contributed by atoms with Crippen molar-refractivity contribution < 1.29 is 14.6 Å². The molecule has 0 aliphatic carbocycles. The maximum atomic E-state index is 12.4. The molecule has 154 valence electrons. The van der Waals surface area contributed by atoms with Crippen LogP contribution in [0.25, 0.3) is 11.3 Å². The van der Waals surface area contributed by atoms with E-state index >= 15 is 0 Å². The minimum absolute atomic E-state index is 0.166. The topological polar surface area (TPSA) is 99.6 Å². The van der Waals surface area contributed by atoms with E-state index in [1.807, 2.05) is 54.6 Å². The van der Waals surface area contributed by atoms with Crippen molar-refractivity contribution in [3.63, 3.8) is 0 Å². The number of para-hydroxylation sites is 1. The van der Waals surface area contributed by atoms with E-state index in [1.54, 1.807) is 30.3 Å². The Bertz CT molecular complexity index is 1180. The number of ether oxygens (including phenoxy) is 1. The average molecular weight is 412 g/mol. The maximum Gasteiger partial charge on any atom is 0.289 e. The number of rotatable bonds is 7. The van der Waals surface area contributed by atoms with Crippen LogP contribution in [0.15, 0.2) is 90.0 Å². The Hall–Kier alpha value is -4.39. The summed E-state index contributed by atoms with van der Waals surface area (Å²) in [5.41, 5.74) is 5.90. The first-order valence-corrected chi connectivity index (χ1v) is 9.63. The Labute approximate surface area is 179 Å². The number of H-pyrrole nitrogens is 1. The Morgan fingerprint density at radius 2 is 1.77 bits per heavy atom. The summed E-state index contributed by atoms with van der Waals surface area (Å²) in [5, 5.41) is 20.2. The van der Waals surface area contributed by atoms with Crippen LogP contribution in [0, 0.1) is 0 Å². The van der Waals surface area contributed by atoms with Crippen molar-refractivity contribution in [1.29, 1.82) is 0 Å². The predicted molar refractivity (Wildman–Crippen MR) is 118 cm³/mol. The number of nitrogens with one attached hydrogen (secondary N) is 2. The van der Waals surface area contributed by atoms with Gasteiger partial charge in [-0.15, -0.1) is 0 Å². The van der Waals surface area contributed by atoms with Crippen LogP contribution in [0.3, 0.4) is 0 Å². The van der Waals surface area contributed by atoms with E-state index in [2.05, 4.69) is 20.7 Å².